The van der Waals surface area contributed by atoms with E-state index in [1.54, 1.807) is 31.2 Å². The van der Waals surface area contributed by atoms with Crippen molar-refractivity contribution in [3.63, 3.8) is 0 Å². The van der Waals surface area contributed by atoms with Crippen LogP contribution < -0.4 is 14.4 Å². The van der Waals surface area contributed by atoms with Crippen molar-refractivity contribution in [1.82, 2.24) is 10.2 Å². The second kappa shape index (κ2) is 11.9. The quantitative estimate of drug-likeness (QED) is 0.432. The largest absolute Gasteiger partial charge is 0.495 e. The van der Waals surface area contributed by atoms with Gasteiger partial charge in [-0.15, -0.1) is 0 Å². The minimum atomic E-state index is -4.21. The Labute approximate surface area is 216 Å². The first-order valence-electron chi connectivity index (χ1n) is 11.2. The number of benzene rings is 3. The van der Waals surface area contributed by atoms with Crippen LogP contribution in [0.3, 0.4) is 0 Å². The normalized spacial score (nSPS) is 11.9. The fourth-order valence-corrected chi connectivity index (χ4v) is 5.27. The molecule has 0 radical (unpaired) electrons. The lowest BCUT2D eigenvalue weighted by Gasteiger charge is -2.32. The molecule has 8 nitrogen and oxygen atoms in total. The highest BCUT2D eigenvalue weighted by molar-refractivity contribution is 7.92. The van der Waals surface area contributed by atoms with Crippen molar-refractivity contribution in [2.24, 2.45) is 0 Å². The van der Waals surface area contributed by atoms with Gasteiger partial charge in [0.25, 0.3) is 10.0 Å². The number of rotatable bonds is 10. The zero-order chi connectivity index (χ0) is 26.3. The molecule has 2 amide bonds. The molecule has 190 valence electrons. The number of nitrogens with one attached hydrogen (secondary N) is 1. The molecule has 10 heteroatoms. The van der Waals surface area contributed by atoms with E-state index in [1.807, 2.05) is 30.3 Å². The van der Waals surface area contributed by atoms with E-state index in [9.17, 15) is 18.0 Å². The summed E-state index contributed by atoms with van der Waals surface area (Å²) in [6.45, 7) is 1.12. The first-order valence-corrected chi connectivity index (χ1v) is 13.0. The lowest BCUT2D eigenvalue weighted by atomic mass is 10.1. The van der Waals surface area contributed by atoms with Crippen molar-refractivity contribution in [1.29, 1.82) is 0 Å². The number of anilines is 1. The van der Waals surface area contributed by atoms with Gasteiger partial charge in [-0.25, -0.2) is 8.42 Å². The van der Waals surface area contributed by atoms with E-state index in [2.05, 4.69) is 5.32 Å². The summed E-state index contributed by atoms with van der Waals surface area (Å²) in [6.07, 6.45) is 0. The number of sulfonamides is 1. The van der Waals surface area contributed by atoms with Crippen molar-refractivity contribution in [3.8, 4) is 5.75 Å². The van der Waals surface area contributed by atoms with Gasteiger partial charge in [-0.1, -0.05) is 60.1 Å². The van der Waals surface area contributed by atoms with Crippen LogP contribution in [-0.4, -0.2) is 51.9 Å². The van der Waals surface area contributed by atoms with Crippen molar-refractivity contribution in [2.75, 3.05) is 25.0 Å². The van der Waals surface area contributed by atoms with Gasteiger partial charge in [0, 0.05) is 18.6 Å². The Kier molecular flexibility index (Phi) is 8.95. The molecule has 0 heterocycles. The Morgan fingerprint density at radius 2 is 1.61 bits per heavy atom. The van der Waals surface area contributed by atoms with E-state index in [4.69, 9.17) is 16.3 Å². The van der Waals surface area contributed by atoms with Crippen LogP contribution >= 0.6 is 11.6 Å². The number of methoxy groups -OCH3 is 1. The highest BCUT2D eigenvalue weighted by Gasteiger charge is 2.33. The first-order chi connectivity index (χ1) is 17.2. The van der Waals surface area contributed by atoms with Crippen molar-refractivity contribution in [2.45, 2.75) is 24.4 Å². The van der Waals surface area contributed by atoms with Gasteiger partial charge in [-0.3, -0.25) is 13.9 Å². The molecule has 0 saturated carbocycles. The lowest BCUT2D eigenvalue weighted by Crippen LogP contribution is -2.50. The first kappa shape index (κ1) is 27.0. The molecule has 0 aliphatic rings. The number of hydrogen-bond donors (Lipinski definition) is 1. The molecule has 0 spiro atoms. The summed E-state index contributed by atoms with van der Waals surface area (Å²) < 4.78 is 33.9. The second-order valence-corrected chi connectivity index (χ2v) is 10.2. The maximum absolute atomic E-state index is 13.8. The predicted octanol–water partition coefficient (Wildman–Crippen LogP) is 3.71. The summed E-state index contributed by atoms with van der Waals surface area (Å²) in [5.41, 5.74) is 0.897. The van der Waals surface area contributed by atoms with E-state index < -0.39 is 28.5 Å². The molecule has 36 heavy (non-hydrogen) atoms. The van der Waals surface area contributed by atoms with Gasteiger partial charge in [0.1, 0.15) is 18.3 Å². The highest BCUT2D eigenvalue weighted by atomic mass is 35.5. The third-order valence-electron chi connectivity index (χ3n) is 5.63. The average Bonchev–Trinajstić information content (AvgIpc) is 2.90. The Morgan fingerprint density at radius 1 is 1.00 bits per heavy atom. The molecule has 3 aromatic carbocycles. The van der Waals surface area contributed by atoms with Gasteiger partial charge in [-0.2, -0.15) is 0 Å². The fraction of sp³-hybridized carbons (Fsp3) is 0.231. The number of halogens is 1. The summed E-state index contributed by atoms with van der Waals surface area (Å²) in [4.78, 5) is 27.6. The number of hydrogen-bond acceptors (Lipinski definition) is 5. The molecule has 0 fully saturated rings. The zero-order valence-corrected chi connectivity index (χ0v) is 21.8. The zero-order valence-electron chi connectivity index (χ0n) is 20.2. The van der Waals surface area contributed by atoms with Gasteiger partial charge in [0.2, 0.25) is 11.8 Å². The maximum Gasteiger partial charge on any atom is 0.264 e. The van der Waals surface area contributed by atoms with Crippen molar-refractivity contribution >= 4 is 39.1 Å². The van der Waals surface area contributed by atoms with Crippen molar-refractivity contribution < 1.29 is 22.7 Å². The van der Waals surface area contributed by atoms with Crippen LogP contribution in [0.2, 0.25) is 5.02 Å². The summed E-state index contributed by atoms with van der Waals surface area (Å²) in [6, 6.07) is 20.6. The molecule has 0 saturated heterocycles. The summed E-state index contributed by atoms with van der Waals surface area (Å²) in [5, 5.41) is 2.82. The third kappa shape index (κ3) is 6.16. The standard InChI is InChI=1S/C26H28ClN3O5S/c1-19(26(32)28-2)29(17-20-10-6-4-7-11-20)25(31)18-30(23-16-21(27)14-15-24(23)35-3)36(33,34)22-12-8-5-9-13-22/h4-16,19H,17-18H2,1-3H3,(H,28,32). The second-order valence-electron chi connectivity index (χ2n) is 7.94. The summed E-state index contributed by atoms with van der Waals surface area (Å²) in [5.74, 6) is -0.728. The van der Waals surface area contributed by atoms with Crippen LogP contribution in [0.1, 0.15) is 12.5 Å². The number of carbonyl (C=O) groups is 2. The van der Waals surface area contributed by atoms with E-state index in [0.717, 1.165) is 9.87 Å². The molecule has 0 bridgehead atoms. The van der Waals surface area contributed by atoms with Crippen LogP contribution in [0, 0.1) is 0 Å². The van der Waals surface area contributed by atoms with Crippen LogP contribution in [0.5, 0.6) is 5.75 Å². The average molecular weight is 530 g/mol. The van der Waals surface area contributed by atoms with Crippen LogP contribution in [0.4, 0.5) is 5.69 Å². The Hall–Kier alpha value is -3.56. The smallest absolute Gasteiger partial charge is 0.264 e. The monoisotopic (exact) mass is 529 g/mol. The number of carbonyl (C=O) groups excluding carboxylic acids is 2. The maximum atomic E-state index is 13.8. The molecule has 0 aromatic heterocycles. The molecule has 1 unspecified atom stereocenters. The van der Waals surface area contributed by atoms with Crippen LogP contribution in [-0.2, 0) is 26.2 Å². The third-order valence-corrected chi connectivity index (χ3v) is 7.64. The Morgan fingerprint density at radius 3 is 2.19 bits per heavy atom. The SMILES string of the molecule is CNC(=O)C(C)N(Cc1ccccc1)C(=O)CN(c1cc(Cl)ccc1OC)S(=O)(=O)c1ccccc1. The van der Waals surface area contributed by atoms with Gasteiger partial charge in [-0.05, 0) is 42.8 Å². The fourth-order valence-electron chi connectivity index (χ4n) is 3.66. The van der Waals surface area contributed by atoms with E-state index in [1.165, 1.54) is 43.3 Å². The molecular formula is C26H28ClN3O5S. The van der Waals surface area contributed by atoms with Gasteiger partial charge >= 0.3 is 0 Å². The Bertz CT molecular complexity index is 1300. The predicted molar refractivity (Wildman–Crippen MR) is 139 cm³/mol. The van der Waals surface area contributed by atoms with Gasteiger partial charge in [0.15, 0.2) is 0 Å². The lowest BCUT2D eigenvalue weighted by molar-refractivity contribution is -0.139. The summed E-state index contributed by atoms with van der Waals surface area (Å²) in [7, 11) is -1.33. The molecule has 0 aliphatic carbocycles. The topological polar surface area (TPSA) is 96.0 Å². The molecular weight excluding hydrogens is 502 g/mol. The highest BCUT2D eigenvalue weighted by Crippen LogP contribution is 2.35. The van der Waals surface area contributed by atoms with Crippen LogP contribution in [0.15, 0.2) is 83.8 Å². The molecule has 1 atom stereocenters. The molecule has 0 aliphatic heterocycles. The minimum absolute atomic E-state index is 0.00575. The molecule has 1 N–H and O–H groups in total. The van der Waals surface area contributed by atoms with Crippen molar-refractivity contribution in [3.05, 3.63) is 89.4 Å². The summed E-state index contributed by atoms with van der Waals surface area (Å²) >= 11 is 6.21. The minimum Gasteiger partial charge on any atom is -0.495 e. The van der Waals surface area contributed by atoms with Gasteiger partial charge < -0.3 is 15.0 Å². The number of ether oxygens (including phenoxy) is 1. The number of amides is 2. The van der Waals surface area contributed by atoms with E-state index in [0.29, 0.717) is 0 Å². The molecule has 3 aromatic rings. The molecule has 3 rings (SSSR count). The van der Waals surface area contributed by atoms with E-state index >= 15 is 0 Å². The number of likely N-dealkylation sites (N-methyl/N-ethyl adjacent to an activating group) is 1. The van der Waals surface area contributed by atoms with Gasteiger partial charge in [0.05, 0.1) is 17.7 Å². The Balaban J connectivity index is 2.09. The van der Waals surface area contributed by atoms with Crippen LogP contribution in [0.25, 0.3) is 0 Å². The number of nitrogens with zero attached hydrogens (tertiary/aromatic N) is 2. The van der Waals surface area contributed by atoms with E-state index in [-0.39, 0.29) is 33.8 Å².